The number of esters is 1. The molecule has 0 saturated carbocycles. The van der Waals surface area contributed by atoms with Crippen LogP contribution in [0.25, 0.3) is 0 Å². The van der Waals surface area contributed by atoms with E-state index >= 15 is 0 Å². The number of benzene rings is 2. The van der Waals surface area contributed by atoms with Crippen molar-refractivity contribution in [3.63, 3.8) is 0 Å². The molecule has 0 radical (unpaired) electrons. The number of halogens is 1. The Morgan fingerprint density at radius 3 is 2.85 bits per heavy atom. The van der Waals surface area contributed by atoms with Crippen molar-refractivity contribution in [3.05, 3.63) is 65.0 Å². The van der Waals surface area contributed by atoms with Crippen LogP contribution >= 0.6 is 0 Å². The zero-order valence-corrected chi connectivity index (χ0v) is 14.5. The molecule has 0 aliphatic carbocycles. The quantitative estimate of drug-likeness (QED) is 0.746. The Labute approximate surface area is 151 Å². The third kappa shape index (κ3) is 4.20. The lowest BCUT2D eigenvalue weighted by atomic mass is 9.98. The van der Waals surface area contributed by atoms with E-state index in [9.17, 15) is 14.0 Å². The third-order valence-electron chi connectivity index (χ3n) is 4.17. The summed E-state index contributed by atoms with van der Waals surface area (Å²) in [5.41, 5.74) is 2.19. The summed E-state index contributed by atoms with van der Waals surface area (Å²) >= 11 is 0. The number of hydrogen-bond donors (Lipinski definition) is 0. The van der Waals surface area contributed by atoms with Crippen LogP contribution in [0.2, 0.25) is 0 Å². The van der Waals surface area contributed by atoms with E-state index in [0.717, 1.165) is 11.1 Å². The van der Waals surface area contributed by atoms with Crippen LogP contribution in [0.1, 0.15) is 28.4 Å². The lowest BCUT2D eigenvalue weighted by Gasteiger charge is -2.28. The zero-order valence-electron chi connectivity index (χ0n) is 14.5. The minimum atomic E-state index is -0.403. The molecular formula is C20H20FNO4. The van der Waals surface area contributed by atoms with Gasteiger partial charge in [-0.15, -0.1) is 0 Å². The van der Waals surface area contributed by atoms with Gasteiger partial charge in [0.15, 0.2) is 0 Å². The topological polar surface area (TPSA) is 55.8 Å². The van der Waals surface area contributed by atoms with Crippen molar-refractivity contribution in [1.29, 1.82) is 0 Å². The third-order valence-corrected chi connectivity index (χ3v) is 4.17. The molecule has 5 nitrogen and oxygen atoms in total. The van der Waals surface area contributed by atoms with Gasteiger partial charge in [-0.05, 0) is 54.8 Å². The maximum Gasteiger partial charge on any atom is 0.325 e. The molecule has 0 spiro atoms. The van der Waals surface area contributed by atoms with E-state index in [-0.39, 0.29) is 24.9 Å². The highest BCUT2D eigenvalue weighted by Gasteiger charge is 2.26. The fourth-order valence-corrected chi connectivity index (χ4v) is 2.91. The summed E-state index contributed by atoms with van der Waals surface area (Å²) in [7, 11) is 0. The molecule has 2 aromatic rings. The first-order valence-electron chi connectivity index (χ1n) is 8.52. The number of rotatable bonds is 6. The summed E-state index contributed by atoms with van der Waals surface area (Å²) in [4.78, 5) is 25.6. The second-order valence-electron chi connectivity index (χ2n) is 6.02. The summed E-state index contributed by atoms with van der Waals surface area (Å²) < 4.78 is 23.8. The van der Waals surface area contributed by atoms with Crippen molar-refractivity contribution < 1.29 is 23.5 Å². The summed E-state index contributed by atoms with van der Waals surface area (Å²) in [6.07, 6.45) is 0.637. The van der Waals surface area contributed by atoms with Crippen molar-refractivity contribution >= 4 is 11.9 Å². The molecule has 0 fully saturated rings. The minimum Gasteiger partial charge on any atom is -0.489 e. The van der Waals surface area contributed by atoms with Gasteiger partial charge in [0, 0.05) is 12.1 Å². The lowest BCUT2D eigenvalue weighted by Crippen LogP contribution is -2.41. The average molecular weight is 357 g/mol. The van der Waals surface area contributed by atoms with E-state index in [4.69, 9.17) is 9.47 Å². The molecule has 26 heavy (non-hydrogen) atoms. The summed E-state index contributed by atoms with van der Waals surface area (Å²) in [6, 6.07) is 11.5. The molecule has 0 saturated heterocycles. The van der Waals surface area contributed by atoms with Gasteiger partial charge in [0.1, 0.15) is 24.7 Å². The smallest absolute Gasteiger partial charge is 0.325 e. The molecule has 1 amide bonds. The molecule has 1 aliphatic heterocycles. The van der Waals surface area contributed by atoms with Crippen LogP contribution in [-0.4, -0.2) is 36.5 Å². The molecule has 2 aromatic carbocycles. The second kappa shape index (κ2) is 7.99. The van der Waals surface area contributed by atoms with Gasteiger partial charge in [-0.2, -0.15) is 0 Å². The number of fused-ring (bicyclic) bond motifs is 1. The molecular weight excluding hydrogens is 337 g/mol. The van der Waals surface area contributed by atoms with Crippen LogP contribution in [-0.2, 0) is 22.6 Å². The van der Waals surface area contributed by atoms with Gasteiger partial charge in [0.05, 0.1) is 6.61 Å². The number of nitrogens with zero attached hydrogens (tertiary/aromatic N) is 1. The highest BCUT2D eigenvalue weighted by Crippen LogP contribution is 2.24. The monoisotopic (exact) mass is 357 g/mol. The highest BCUT2D eigenvalue weighted by atomic mass is 19.1. The molecule has 6 heteroatoms. The van der Waals surface area contributed by atoms with E-state index in [1.54, 1.807) is 31.2 Å². The molecule has 136 valence electrons. The Morgan fingerprint density at radius 2 is 2.08 bits per heavy atom. The van der Waals surface area contributed by atoms with Gasteiger partial charge >= 0.3 is 5.97 Å². The van der Waals surface area contributed by atoms with E-state index < -0.39 is 5.97 Å². The van der Waals surface area contributed by atoms with Gasteiger partial charge in [-0.1, -0.05) is 12.1 Å². The molecule has 1 heterocycles. The first kappa shape index (κ1) is 17.9. The largest absolute Gasteiger partial charge is 0.489 e. The Bertz CT molecular complexity index is 821. The fourth-order valence-electron chi connectivity index (χ4n) is 2.91. The second-order valence-corrected chi connectivity index (χ2v) is 6.02. The first-order valence-corrected chi connectivity index (χ1v) is 8.52. The van der Waals surface area contributed by atoms with Crippen LogP contribution < -0.4 is 4.74 Å². The van der Waals surface area contributed by atoms with Crippen LogP contribution in [0.4, 0.5) is 4.39 Å². The number of hydrogen-bond acceptors (Lipinski definition) is 4. The van der Waals surface area contributed by atoms with Crippen LogP contribution in [0, 0.1) is 5.82 Å². The number of carbonyl (C=O) groups excluding carboxylic acids is 2. The normalized spacial score (nSPS) is 13.3. The summed E-state index contributed by atoms with van der Waals surface area (Å²) in [5.74, 6) is -0.265. The van der Waals surface area contributed by atoms with Crippen molar-refractivity contribution in [3.8, 4) is 5.75 Å². The van der Waals surface area contributed by atoms with E-state index in [1.807, 2.05) is 6.07 Å². The van der Waals surface area contributed by atoms with Gasteiger partial charge < -0.3 is 14.4 Å². The molecule has 1 aliphatic rings. The van der Waals surface area contributed by atoms with E-state index in [0.29, 0.717) is 30.9 Å². The fraction of sp³-hybridized carbons (Fsp3) is 0.300. The standard InChI is InChI=1S/C20H20FNO4/c1-2-25-19(23)12-22-9-8-15-11-17(6-7-18(15)20(22)24)26-13-14-4-3-5-16(21)10-14/h3-7,10-11H,2,8-9,12-13H2,1H3. The van der Waals surface area contributed by atoms with E-state index in [2.05, 4.69) is 0 Å². The van der Waals surface area contributed by atoms with E-state index in [1.165, 1.54) is 17.0 Å². The summed E-state index contributed by atoms with van der Waals surface area (Å²) in [5, 5.41) is 0. The van der Waals surface area contributed by atoms with Gasteiger partial charge in [0.25, 0.3) is 5.91 Å². The van der Waals surface area contributed by atoms with Gasteiger partial charge in [-0.25, -0.2) is 4.39 Å². The van der Waals surface area contributed by atoms with Crippen molar-refractivity contribution in [2.24, 2.45) is 0 Å². The SMILES string of the molecule is CCOC(=O)CN1CCc2cc(OCc3cccc(F)c3)ccc2C1=O. The van der Waals surface area contributed by atoms with Crippen LogP contribution in [0.15, 0.2) is 42.5 Å². The molecule has 0 unspecified atom stereocenters. The molecule has 3 rings (SSSR count). The Kier molecular flexibility index (Phi) is 5.51. The van der Waals surface area contributed by atoms with Crippen molar-refractivity contribution in [1.82, 2.24) is 4.90 Å². The summed E-state index contributed by atoms with van der Waals surface area (Å²) in [6.45, 7) is 2.70. The van der Waals surface area contributed by atoms with Gasteiger partial charge in [-0.3, -0.25) is 9.59 Å². The van der Waals surface area contributed by atoms with Gasteiger partial charge in [0.2, 0.25) is 0 Å². The van der Waals surface area contributed by atoms with Crippen LogP contribution in [0.3, 0.4) is 0 Å². The maximum absolute atomic E-state index is 13.2. The predicted octanol–water partition coefficient (Wildman–Crippen LogP) is 2.97. The predicted molar refractivity (Wildman–Crippen MR) is 93.4 cm³/mol. The zero-order chi connectivity index (χ0) is 18.5. The van der Waals surface area contributed by atoms with Crippen molar-refractivity contribution in [2.75, 3.05) is 19.7 Å². The molecule has 0 N–H and O–H groups in total. The maximum atomic E-state index is 13.2. The Hall–Kier alpha value is -2.89. The minimum absolute atomic E-state index is 0.0378. The van der Waals surface area contributed by atoms with Crippen molar-refractivity contribution in [2.45, 2.75) is 20.0 Å². The average Bonchev–Trinajstić information content (AvgIpc) is 2.63. The van der Waals surface area contributed by atoms with Crippen LogP contribution in [0.5, 0.6) is 5.75 Å². The Morgan fingerprint density at radius 1 is 1.23 bits per heavy atom. The molecule has 0 atom stereocenters. The Balaban J connectivity index is 1.66. The first-order chi connectivity index (χ1) is 12.6. The molecule has 0 bridgehead atoms. The molecule has 0 aromatic heterocycles. The number of amides is 1. The highest BCUT2D eigenvalue weighted by molar-refractivity contribution is 5.98. The number of ether oxygens (including phenoxy) is 2. The number of carbonyl (C=O) groups is 2. The lowest BCUT2D eigenvalue weighted by molar-refractivity contribution is -0.143.